The first-order chi connectivity index (χ1) is 5.83. The molecule has 0 aliphatic heterocycles. The summed E-state index contributed by atoms with van der Waals surface area (Å²) < 4.78 is 0. The van der Waals surface area contributed by atoms with E-state index in [0.29, 0.717) is 0 Å². The van der Waals surface area contributed by atoms with E-state index in [0.717, 1.165) is 0 Å². The minimum Gasteiger partial charge on any atom is -0.317 e. The van der Waals surface area contributed by atoms with Crippen LogP contribution in [0.15, 0.2) is 0 Å². The summed E-state index contributed by atoms with van der Waals surface area (Å²) in [5.74, 6) is 0. The van der Waals surface area contributed by atoms with E-state index in [1.807, 2.05) is 0 Å². The minimum absolute atomic E-state index is 0.250. The van der Waals surface area contributed by atoms with Gasteiger partial charge in [0.15, 0.2) is 0 Å². The van der Waals surface area contributed by atoms with Crippen LogP contribution in [0.25, 0.3) is 0 Å². The lowest BCUT2D eigenvalue weighted by Crippen LogP contribution is -2.15. The molecule has 0 unspecified atom stereocenters. The first-order valence-electron chi connectivity index (χ1n) is 4.53. The van der Waals surface area contributed by atoms with E-state index in [4.69, 9.17) is 9.59 Å². The van der Waals surface area contributed by atoms with Crippen molar-refractivity contribution in [2.24, 2.45) is 0 Å². The molecule has 0 saturated carbocycles. The first-order valence-corrected chi connectivity index (χ1v) is 4.53. The maximum atomic E-state index is 8.12. The third-order valence-corrected chi connectivity index (χ3v) is 1.41. The van der Waals surface area contributed by atoms with Crippen LogP contribution in [0.5, 0.6) is 0 Å². The van der Waals surface area contributed by atoms with Crippen LogP contribution in [-0.2, 0) is 9.59 Å². The van der Waals surface area contributed by atoms with E-state index in [-0.39, 0.29) is 6.15 Å². The highest BCUT2D eigenvalue weighted by molar-refractivity contribution is 5.20. The van der Waals surface area contributed by atoms with Crippen LogP contribution in [-0.4, -0.2) is 19.2 Å². The lowest BCUT2D eigenvalue weighted by molar-refractivity contribution is -0.191. The Labute approximate surface area is 74.5 Å². The van der Waals surface area contributed by atoms with Crippen molar-refractivity contribution in [3.63, 3.8) is 0 Å². The molecule has 0 atom stereocenters. The Kier molecular flexibility index (Phi) is 19.4. The van der Waals surface area contributed by atoms with Gasteiger partial charge in [0.1, 0.15) is 0 Å². The Morgan fingerprint density at radius 1 is 1.00 bits per heavy atom. The fourth-order valence-corrected chi connectivity index (χ4v) is 0.729. The first kappa shape index (κ1) is 13.9. The maximum absolute atomic E-state index is 8.12. The number of hydrogen-bond acceptors (Lipinski definition) is 3. The largest absolute Gasteiger partial charge is 0.373 e. The molecular weight excluding hydrogens is 154 g/mol. The number of nitrogens with one attached hydrogen (secondary N) is 1. The van der Waals surface area contributed by atoms with Gasteiger partial charge < -0.3 is 5.32 Å². The summed E-state index contributed by atoms with van der Waals surface area (Å²) in [4.78, 5) is 16.2. The SMILES string of the molecule is CCCCNCCCC.O=C=O. The summed E-state index contributed by atoms with van der Waals surface area (Å²) in [5.41, 5.74) is 0. The topological polar surface area (TPSA) is 46.2 Å². The Bertz CT molecular complexity index is 92.7. The van der Waals surface area contributed by atoms with Crippen LogP contribution in [0, 0.1) is 0 Å². The maximum Gasteiger partial charge on any atom is 0.373 e. The summed E-state index contributed by atoms with van der Waals surface area (Å²) in [5, 5.41) is 3.39. The van der Waals surface area contributed by atoms with Crippen molar-refractivity contribution in [1.29, 1.82) is 0 Å². The van der Waals surface area contributed by atoms with Crippen LogP contribution in [0.1, 0.15) is 39.5 Å². The van der Waals surface area contributed by atoms with Gasteiger partial charge in [-0.05, 0) is 25.9 Å². The van der Waals surface area contributed by atoms with Crippen LogP contribution in [0.4, 0.5) is 0 Å². The molecular formula is C9H19NO2. The fourth-order valence-electron chi connectivity index (χ4n) is 0.729. The highest BCUT2D eigenvalue weighted by Gasteiger charge is 1.83. The molecule has 0 aromatic carbocycles. The Balaban J connectivity index is 0. The van der Waals surface area contributed by atoms with E-state index in [9.17, 15) is 0 Å². The Morgan fingerprint density at radius 3 is 1.58 bits per heavy atom. The molecule has 3 nitrogen and oxygen atoms in total. The number of carbonyl (C=O) groups excluding carboxylic acids is 2. The monoisotopic (exact) mass is 173 g/mol. The van der Waals surface area contributed by atoms with Crippen molar-refractivity contribution >= 4 is 6.15 Å². The van der Waals surface area contributed by atoms with E-state index < -0.39 is 0 Å². The lowest BCUT2D eigenvalue weighted by atomic mass is 10.3. The molecule has 0 aliphatic rings. The van der Waals surface area contributed by atoms with Crippen LogP contribution in [0.3, 0.4) is 0 Å². The minimum atomic E-state index is 0.250. The highest BCUT2D eigenvalue weighted by atomic mass is 16.2. The van der Waals surface area contributed by atoms with Gasteiger partial charge in [0, 0.05) is 0 Å². The van der Waals surface area contributed by atoms with Crippen molar-refractivity contribution in [3.05, 3.63) is 0 Å². The van der Waals surface area contributed by atoms with Crippen LogP contribution >= 0.6 is 0 Å². The second-order valence-corrected chi connectivity index (χ2v) is 2.54. The molecule has 72 valence electrons. The summed E-state index contributed by atoms with van der Waals surface area (Å²) in [6.45, 7) is 6.86. The Hall–Kier alpha value is -0.660. The molecule has 0 aliphatic carbocycles. The normalized spacial score (nSPS) is 8.17. The molecule has 0 bridgehead atoms. The zero-order valence-electron chi connectivity index (χ0n) is 8.06. The van der Waals surface area contributed by atoms with Gasteiger partial charge in [-0.2, -0.15) is 9.59 Å². The van der Waals surface area contributed by atoms with Crippen LogP contribution in [0.2, 0.25) is 0 Å². The third kappa shape index (κ3) is 22.8. The van der Waals surface area contributed by atoms with Crippen molar-refractivity contribution in [3.8, 4) is 0 Å². The summed E-state index contributed by atoms with van der Waals surface area (Å²) in [6, 6.07) is 0. The number of rotatable bonds is 6. The van der Waals surface area contributed by atoms with Crippen molar-refractivity contribution in [2.75, 3.05) is 13.1 Å². The smallest absolute Gasteiger partial charge is 0.317 e. The fraction of sp³-hybridized carbons (Fsp3) is 0.889. The predicted molar refractivity (Wildman–Crippen MR) is 47.7 cm³/mol. The quantitative estimate of drug-likeness (QED) is 0.620. The zero-order chi connectivity index (χ0) is 9.66. The molecule has 0 spiro atoms. The molecule has 0 fully saturated rings. The molecule has 0 amide bonds. The van der Waals surface area contributed by atoms with E-state index in [1.54, 1.807) is 0 Å². The number of hydrogen-bond donors (Lipinski definition) is 1. The average Bonchev–Trinajstić information content (AvgIpc) is 2.06. The van der Waals surface area contributed by atoms with Crippen LogP contribution < -0.4 is 5.32 Å². The molecule has 1 N–H and O–H groups in total. The average molecular weight is 173 g/mol. The molecule has 0 radical (unpaired) electrons. The van der Waals surface area contributed by atoms with E-state index in [1.165, 1.54) is 38.8 Å². The van der Waals surface area contributed by atoms with Gasteiger partial charge in [0.2, 0.25) is 0 Å². The molecule has 0 aromatic rings. The van der Waals surface area contributed by atoms with Gasteiger partial charge in [-0.3, -0.25) is 0 Å². The summed E-state index contributed by atoms with van der Waals surface area (Å²) >= 11 is 0. The van der Waals surface area contributed by atoms with Gasteiger partial charge in [-0.15, -0.1) is 0 Å². The highest BCUT2D eigenvalue weighted by Crippen LogP contribution is 1.85. The molecule has 0 aromatic heterocycles. The second-order valence-electron chi connectivity index (χ2n) is 2.54. The van der Waals surface area contributed by atoms with Gasteiger partial charge >= 0.3 is 6.15 Å². The van der Waals surface area contributed by atoms with Gasteiger partial charge in [0.05, 0.1) is 0 Å². The van der Waals surface area contributed by atoms with Crippen molar-refractivity contribution in [1.82, 2.24) is 5.32 Å². The van der Waals surface area contributed by atoms with E-state index >= 15 is 0 Å². The Morgan fingerprint density at radius 2 is 1.33 bits per heavy atom. The summed E-state index contributed by atoms with van der Waals surface area (Å²) in [6.07, 6.45) is 5.51. The lowest BCUT2D eigenvalue weighted by Gasteiger charge is -1.99. The third-order valence-electron chi connectivity index (χ3n) is 1.41. The number of unbranched alkanes of at least 4 members (excludes halogenated alkanes) is 2. The van der Waals surface area contributed by atoms with Gasteiger partial charge in [-0.25, -0.2) is 0 Å². The molecule has 3 heteroatoms. The van der Waals surface area contributed by atoms with Gasteiger partial charge in [0.25, 0.3) is 0 Å². The van der Waals surface area contributed by atoms with E-state index in [2.05, 4.69) is 19.2 Å². The molecule has 0 heterocycles. The standard InChI is InChI=1S/C8H19N.CO2/c1-3-5-7-9-8-6-4-2;2-1-3/h9H,3-8H2,1-2H3;. The van der Waals surface area contributed by atoms with Crippen molar-refractivity contribution in [2.45, 2.75) is 39.5 Å². The predicted octanol–water partition coefficient (Wildman–Crippen LogP) is 1.59. The molecule has 0 rings (SSSR count). The molecule has 0 saturated heterocycles. The zero-order valence-corrected chi connectivity index (χ0v) is 8.06. The second kappa shape index (κ2) is 16.7. The molecule has 12 heavy (non-hydrogen) atoms. The summed E-state index contributed by atoms with van der Waals surface area (Å²) in [7, 11) is 0. The van der Waals surface area contributed by atoms with Gasteiger partial charge in [-0.1, -0.05) is 26.7 Å². The van der Waals surface area contributed by atoms with Crippen molar-refractivity contribution < 1.29 is 9.59 Å².